The molecule has 4 unspecified atom stereocenters. The van der Waals surface area contributed by atoms with E-state index < -0.39 is 42.5 Å². The highest BCUT2D eigenvalue weighted by Crippen LogP contribution is 2.20. The predicted octanol–water partition coefficient (Wildman–Crippen LogP) is 0.279. The van der Waals surface area contributed by atoms with E-state index in [1.165, 1.54) is 4.90 Å². The lowest BCUT2D eigenvalue weighted by atomic mass is 9.98. The number of rotatable bonds is 10. The van der Waals surface area contributed by atoms with Crippen molar-refractivity contribution in [1.29, 1.82) is 0 Å². The van der Waals surface area contributed by atoms with Gasteiger partial charge in [0.05, 0.1) is 6.04 Å². The molecule has 1 fully saturated rings. The van der Waals surface area contributed by atoms with Gasteiger partial charge in [0.2, 0.25) is 17.7 Å². The molecule has 3 amide bonds. The highest BCUT2D eigenvalue weighted by Gasteiger charge is 2.38. The Balaban J connectivity index is 2.19. The molecule has 5 N–H and O–H groups in total. The number of nitrogens with two attached hydrogens (primary N) is 1. The Morgan fingerprint density at radius 1 is 1.23 bits per heavy atom. The number of carboxylic acids is 1. The number of carbonyl (C=O) groups is 4. The SMILES string of the molecule is CCC(C)C(N)C(=O)NC(Cc1ccccc1)C(=O)N1CCCC1C(=O)NCC(=O)O. The van der Waals surface area contributed by atoms with Gasteiger partial charge in [-0.25, -0.2) is 0 Å². The molecule has 0 radical (unpaired) electrons. The van der Waals surface area contributed by atoms with E-state index in [1.54, 1.807) is 0 Å². The van der Waals surface area contributed by atoms with Crippen molar-refractivity contribution in [3.8, 4) is 0 Å². The van der Waals surface area contributed by atoms with Gasteiger partial charge in [-0.3, -0.25) is 19.2 Å². The molecule has 0 bridgehead atoms. The van der Waals surface area contributed by atoms with Crippen molar-refractivity contribution in [2.45, 2.75) is 57.7 Å². The number of amides is 3. The maximum absolute atomic E-state index is 13.4. The molecule has 9 nitrogen and oxygen atoms in total. The molecule has 170 valence electrons. The van der Waals surface area contributed by atoms with Crippen LogP contribution in [0.3, 0.4) is 0 Å². The van der Waals surface area contributed by atoms with Gasteiger partial charge < -0.3 is 26.4 Å². The van der Waals surface area contributed by atoms with Gasteiger partial charge in [-0.05, 0) is 24.3 Å². The van der Waals surface area contributed by atoms with Crippen molar-refractivity contribution in [2.24, 2.45) is 11.7 Å². The summed E-state index contributed by atoms with van der Waals surface area (Å²) < 4.78 is 0. The lowest BCUT2D eigenvalue weighted by Gasteiger charge is -2.30. The quantitative estimate of drug-likeness (QED) is 0.418. The second-order valence-electron chi connectivity index (χ2n) is 7.96. The molecule has 31 heavy (non-hydrogen) atoms. The van der Waals surface area contributed by atoms with E-state index in [0.29, 0.717) is 19.4 Å². The maximum Gasteiger partial charge on any atom is 0.322 e. The minimum absolute atomic E-state index is 0.0474. The number of aliphatic carboxylic acids is 1. The smallest absolute Gasteiger partial charge is 0.322 e. The largest absolute Gasteiger partial charge is 0.480 e. The summed E-state index contributed by atoms with van der Waals surface area (Å²) in [6.07, 6.45) is 2.05. The fraction of sp³-hybridized carbons (Fsp3) is 0.545. The predicted molar refractivity (Wildman–Crippen MR) is 115 cm³/mol. The summed E-state index contributed by atoms with van der Waals surface area (Å²) in [6.45, 7) is 3.67. The summed E-state index contributed by atoms with van der Waals surface area (Å²) in [6, 6.07) is 6.90. The van der Waals surface area contributed by atoms with E-state index in [1.807, 2.05) is 44.2 Å². The molecule has 9 heteroatoms. The molecule has 0 aromatic heterocycles. The van der Waals surface area contributed by atoms with Gasteiger partial charge in [-0.1, -0.05) is 50.6 Å². The van der Waals surface area contributed by atoms with Gasteiger partial charge in [0.1, 0.15) is 18.6 Å². The fourth-order valence-electron chi connectivity index (χ4n) is 3.61. The van der Waals surface area contributed by atoms with Crippen LogP contribution >= 0.6 is 0 Å². The number of benzene rings is 1. The highest BCUT2D eigenvalue weighted by molar-refractivity contribution is 5.94. The van der Waals surface area contributed by atoms with Crippen LogP contribution in [0.2, 0.25) is 0 Å². The first kappa shape index (κ1) is 24.3. The molecule has 2 rings (SSSR count). The summed E-state index contributed by atoms with van der Waals surface area (Å²) in [5, 5.41) is 13.9. The fourth-order valence-corrected chi connectivity index (χ4v) is 3.61. The minimum Gasteiger partial charge on any atom is -0.480 e. The van der Waals surface area contributed by atoms with Crippen LogP contribution in [-0.2, 0) is 25.6 Å². The Morgan fingerprint density at radius 2 is 1.90 bits per heavy atom. The van der Waals surface area contributed by atoms with Crippen LogP contribution in [0.15, 0.2) is 30.3 Å². The van der Waals surface area contributed by atoms with Crippen LogP contribution in [-0.4, -0.2) is 64.9 Å². The van der Waals surface area contributed by atoms with Crippen LogP contribution in [0.5, 0.6) is 0 Å². The Kier molecular flexibility index (Phi) is 8.99. The van der Waals surface area contributed by atoms with E-state index in [-0.39, 0.29) is 18.2 Å². The second kappa shape index (κ2) is 11.5. The van der Waals surface area contributed by atoms with Crippen LogP contribution in [0.1, 0.15) is 38.7 Å². The Hall–Kier alpha value is -2.94. The third kappa shape index (κ3) is 6.78. The van der Waals surface area contributed by atoms with Crippen molar-refractivity contribution in [3.05, 3.63) is 35.9 Å². The summed E-state index contributed by atoms with van der Waals surface area (Å²) in [7, 11) is 0. The first-order valence-corrected chi connectivity index (χ1v) is 10.6. The van der Waals surface area contributed by atoms with Gasteiger partial charge in [-0.2, -0.15) is 0 Å². The minimum atomic E-state index is -1.16. The van der Waals surface area contributed by atoms with Crippen molar-refractivity contribution < 1.29 is 24.3 Å². The number of carbonyl (C=O) groups excluding carboxylic acids is 3. The maximum atomic E-state index is 13.4. The zero-order valence-electron chi connectivity index (χ0n) is 18.0. The molecule has 0 aliphatic carbocycles. The number of carboxylic acid groups (broad SMARTS) is 1. The molecule has 0 spiro atoms. The third-order valence-electron chi connectivity index (χ3n) is 5.71. The summed E-state index contributed by atoms with van der Waals surface area (Å²) in [4.78, 5) is 50.7. The molecule has 1 saturated heterocycles. The normalized spacial score (nSPS) is 18.7. The van der Waals surface area contributed by atoms with Gasteiger partial charge in [0, 0.05) is 13.0 Å². The van der Waals surface area contributed by atoms with Gasteiger partial charge >= 0.3 is 5.97 Å². The average molecular weight is 433 g/mol. The summed E-state index contributed by atoms with van der Waals surface area (Å²) in [5.74, 6) is -2.49. The third-order valence-corrected chi connectivity index (χ3v) is 5.71. The Labute approximate surface area is 182 Å². The van der Waals surface area contributed by atoms with Crippen LogP contribution in [0.4, 0.5) is 0 Å². The molecule has 1 aliphatic rings. The lowest BCUT2D eigenvalue weighted by Crippen LogP contribution is -2.57. The molecule has 1 aromatic rings. The van der Waals surface area contributed by atoms with E-state index in [0.717, 1.165) is 12.0 Å². The molecule has 1 heterocycles. The van der Waals surface area contributed by atoms with Crippen LogP contribution in [0, 0.1) is 5.92 Å². The molecule has 4 atom stereocenters. The zero-order valence-corrected chi connectivity index (χ0v) is 18.0. The van der Waals surface area contributed by atoms with E-state index in [2.05, 4.69) is 10.6 Å². The van der Waals surface area contributed by atoms with Gasteiger partial charge in [0.15, 0.2) is 0 Å². The first-order chi connectivity index (χ1) is 14.7. The molecule has 0 saturated carbocycles. The monoisotopic (exact) mass is 432 g/mol. The zero-order chi connectivity index (χ0) is 23.0. The molecular formula is C22H32N4O5. The second-order valence-corrected chi connectivity index (χ2v) is 7.96. The molecular weight excluding hydrogens is 400 g/mol. The van der Waals surface area contributed by atoms with Gasteiger partial charge in [0.25, 0.3) is 0 Å². The number of nitrogens with one attached hydrogen (secondary N) is 2. The van der Waals surface area contributed by atoms with E-state index in [9.17, 15) is 19.2 Å². The Bertz CT molecular complexity index is 785. The topological polar surface area (TPSA) is 142 Å². The first-order valence-electron chi connectivity index (χ1n) is 10.6. The molecule has 1 aliphatic heterocycles. The lowest BCUT2D eigenvalue weighted by molar-refractivity contribution is -0.143. The average Bonchev–Trinajstić information content (AvgIpc) is 3.26. The Morgan fingerprint density at radius 3 is 2.52 bits per heavy atom. The number of hydrogen-bond donors (Lipinski definition) is 4. The van der Waals surface area contributed by atoms with Gasteiger partial charge in [-0.15, -0.1) is 0 Å². The van der Waals surface area contributed by atoms with Crippen LogP contribution in [0.25, 0.3) is 0 Å². The van der Waals surface area contributed by atoms with Crippen molar-refractivity contribution >= 4 is 23.7 Å². The van der Waals surface area contributed by atoms with E-state index in [4.69, 9.17) is 10.8 Å². The highest BCUT2D eigenvalue weighted by atomic mass is 16.4. The summed E-state index contributed by atoms with van der Waals surface area (Å²) in [5.41, 5.74) is 6.92. The molecule has 1 aromatic carbocycles. The summed E-state index contributed by atoms with van der Waals surface area (Å²) >= 11 is 0. The number of hydrogen-bond acceptors (Lipinski definition) is 5. The standard InChI is InChI=1S/C22H32N4O5/c1-3-14(2)19(23)21(30)25-16(12-15-8-5-4-6-9-15)22(31)26-11-7-10-17(26)20(29)24-13-18(27)28/h4-6,8-9,14,16-17,19H,3,7,10-13,23H2,1-2H3,(H,24,29)(H,25,30)(H,27,28). The number of nitrogens with zero attached hydrogens (tertiary/aromatic N) is 1. The van der Waals surface area contributed by atoms with E-state index >= 15 is 0 Å². The van der Waals surface area contributed by atoms with Crippen LogP contribution < -0.4 is 16.4 Å². The van der Waals surface area contributed by atoms with Crippen molar-refractivity contribution in [2.75, 3.05) is 13.1 Å². The number of likely N-dealkylation sites (tertiary alicyclic amines) is 1. The van der Waals surface area contributed by atoms with Crippen molar-refractivity contribution in [1.82, 2.24) is 15.5 Å². The van der Waals surface area contributed by atoms with Crippen molar-refractivity contribution in [3.63, 3.8) is 0 Å².